The molecule has 0 saturated heterocycles. The van der Waals surface area contributed by atoms with E-state index in [1.807, 2.05) is 6.92 Å². The average Bonchev–Trinajstić information content (AvgIpc) is 2.48. The lowest BCUT2D eigenvalue weighted by Crippen LogP contribution is -2.26. The minimum atomic E-state index is -0.393. The predicted octanol–water partition coefficient (Wildman–Crippen LogP) is 3.35. The number of halogens is 2. The van der Waals surface area contributed by atoms with Gasteiger partial charge in [0.1, 0.15) is 5.82 Å². The summed E-state index contributed by atoms with van der Waals surface area (Å²) in [5, 5.41) is 7.35. The third kappa shape index (κ3) is 4.56. The summed E-state index contributed by atoms with van der Waals surface area (Å²) in [6.07, 6.45) is 1.26. The third-order valence-corrected chi connectivity index (χ3v) is 3.16. The van der Waals surface area contributed by atoms with Crippen molar-refractivity contribution in [1.82, 2.24) is 5.43 Å². The first kappa shape index (κ1) is 16.0. The van der Waals surface area contributed by atoms with Gasteiger partial charge in [-0.2, -0.15) is 5.10 Å². The lowest BCUT2D eigenvalue weighted by atomic mass is 10.2. The molecule has 0 radical (unpaired) electrons. The molecule has 0 heterocycles. The van der Waals surface area contributed by atoms with Gasteiger partial charge in [-0.25, -0.2) is 9.82 Å². The molecular formula is C16H15ClFN3O. The Hall–Kier alpha value is -2.40. The van der Waals surface area contributed by atoms with Crippen LogP contribution in [0.5, 0.6) is 0 Å². The van der Waals surface area contributed by atoms with Crippen molar-refractivity contribution < 1.29 is 9.18 Å². The van der Waals surface area contributed by atoms with Crippen LogP contribution < -0.4 is 10.7 Å². The van der Waals surface area contributed by atoms with Crippen LogP contribution in [0.2, 0.25) is 5.02 Å². The van der Waals surface area contributed by atoms with Crippen LogP contribution in [0.3, 0.4) is 0 Å². The number of benzene rings is 2. The Bertz CT molecular complexity index is 704. The summed E-state index contributed by atoms with van der Waals surface area (Å²) in [5.41, 5.74) is 4.40. The number of hydrogen-bond acceptors (Lipinski definition) is 3. The Morgan fingerprint density at radius 3 is 2.82 bits per heavy atom. The molecule has 0 aromatic heterocycles. The standard InChI is InChI=1S/C16H15ClFN3O/c1-11-8-13(17)6-7-15(11)19-10-16(22)21-20-9-12-4-2-3-5-14(12)18/h2-9,19H,10H2,1H3,(H,21,22). The molecule has 2 N–H and O–H groups in total. The Morgan fingerprint density at radius 1 is 1.32 bits per heavy atom. The van der Waals surface area contributed by atoms with E-state index in [-0.39, 0.29) is 12.5 Å². The largest absolute Gasteiger partial charge is 0.376 e. The van der Waals surface area contributed by atoms with Gasteiger partial charge >= 0.3 is 0 Å². The SMILES string of the molecule is Cc1cc(Cl)ccc1NCC(=O)NN=Cc1ccccc1F. The van der Waals surface area contributed by atoms with Gasteiger partial charge in [0.2, 0.25) is 0 Å². The number of rotatable bonds is 5. The maximum atomic E-state index is 13.3. The number of nitrogens with one attached hydrogen (secondary N) is 2. The highest BCUT2D eigenvalue weighted by atomic mass is 35.5. The quantitative estimate of drug-likeness (QED) is 0.656. The minimum Gasteiger partial charge on any atom is -0.376 e. The summed E-state index contributed by atoms with van der Waals surface area (Å²) in [4.78, 5) is 11.7. The highest BCUT2D eigenvalue weighted by Crippen LogP contribution is 2.19. The monoisotopic (exact) mass is 319 g/mol. The second kappa shape index (κ2) is 7.56. The number of aryl methyl sites for hydroxylation is 1. The second-order valence-corrected chi connectivity index (χ2v) is 5.06. The Balaban J connectivity index is 1.84. The van der Waals surface area contributed by atoms with Gasteiger partial charge in [0.15, 0.2) is 0 Å². The molecule has 1 amide bonds. The zero-order valence-corrected chi connectivity index (χ0v) is 12.7. The molecule has 2 aromatic carbocycles. The number of carbonyl (C=O) groups excluding carboxylic acids is 1. The van der Waals surface area contributed by atoms with Gasteiger partial charge in [-0.3, -0.25) is 4.79 Å². The van der Waals surface area contributed by atoms with E-state index in [1.165, 1.54) is 12.3 Å². The predicted molar refractivity (Wildman–Crippen MR) is 86.8 cm³/mol. The van der Waals surface area contributed by atoms with Crippen molar-refractivity contribution in [3.8, 4) is 0 Å². The van der Waals surface area contributed by atoms with E-state index in [0.717, 1.165) is 11.3 Å². The molecular weight excluding hydrogens is 305 g/mol. The van der Waals surface area contributed by atoms with Gasteiger partial charge in [-0.1, -0.05) is 29.8 Å². The fourth-order valence-corrected chi connectivity index (χ4v) is 2.02. The van der Waals surface area contributed by atoms with E-state index in [0.29, 0.717) is 10.6 Å². The molecule has 0 aliphatic heterocycles. The normalized spacial score (nSPS) is 10.7. The Labute approximate surface area is 133 Å². The number of nitrogens with zero attached hydrogens (tertiary/aromatic N) is 1. The smallest absolute Gasteiger partial charge is 0.259 e. The van der Waals surface area contributed by atoms with Crippen LogP contribution in [-0.2, 0) is 4.79 Å². The van der Waals surface area contributed by atoms with Crippen molar-refractivity contribution in [2.24, 2.45) is 5.10 Å². The van der Waals surface area contributed by atoms with Gasteiger partial charge in [0.25, 0.3) is 5.91 Å². The van der Waals surface area contributed by atoms with Gasteiger partial charge in [0, 0.05) is 16.3 Å². The van der Waals surface area contributed by atoms with E-state index in [9.17, 15) is 9.18 Å². The molecule has 4 nitrogen and oxygen atoms in total. The third-order valence-electron chi connectivity index (χ3n) is 2.93. The molecule has 0 aliphatic rings. The molecule has 0 fully saturated rings. The maximum Gasteiger partial charge on any atom is 0.259 e. The zero-order valence-electron chi connectivity index (χ0n) is 11.9. The van der Waals surface area contributed by atoms with Crippen LogP contribution in [0, 0.1) is 12.7 Å². The van der Waals surface area contributed by atoms with Gasteiger partial charge in [-0.05, 0) is 36.8 Å². The fourth-order valence-electron chi connectivity index (χ4n) is 1.79. The molecule has 22 heavy (non-hydrogen) atoms. The molecule has 2 rings (SSSR count). The van der Waals surface area contributed by atoms with E-state index in [2.05, 4.69) is 15.8 Å². The molecule has 0 spiro atoms. The van der Waals surface area contributed by atoms with E-state index in [4.69, 9.17) is 11.6 Å². The first-order valence-corrected chi connectivity index (χ1v) is 7.00. The van der Waals surface area contributed by atoms with E-state index < -0.39 is 5.82 Å². The molecule has 6 heteroatoms. The minimum absolute atomic E-state index is 0.0527. The molecule has 114 valence electrons. The van der Waals surface area contributed by atoms with Crippen LogP contribution in [0.4, 0.5) is 10.1 Å². The number of amides is 1. The Morgan fingerprint density at radius 2 is 2.09 bits per heavy atom. The highest BCUT2D eigenvalue weighted by molar-refractivity contribution is 6.30. The van der Waals surface area contributed by atoms with Crippen LogP contribution >= 0.6 is 11.6 Å². The lowest BCUT2D eigenvalue weighted by molar-refractivity contribution is -0.119. The van der Waals surface area contributed by atoms with Gasteiger partial charge in [0.05, 0.1) is 12.8 Å². The molecule has 0 aliphatic carbocycles. The molecule has 0 bridgehead atoms. The number of anilines is 1. The maximum absolute atomic E-state index is 13.3. The molecule has 0 unspecified atom stereocenters. The van der Waals surface area contributed by atoms with Crippen molar-refractivity contribution in [1.29, 1.82) is 0 Å². The van der Waals surface area contributed by atoms with Crippen molar-refractivity contribution in [2.75, 3.05) is 11.9 Å². The molecule has 0 atom stereocenters. The number of hydrogen-bond donors (Lipinski definition) is 2. The van der Waals surface area contributed by atoms with Crippen LogP contribution in [-0.4, -0.2) is 18.7 Å². The number of carbonyl (C=O) groups is 1. The summed E-state index contributed by atoms with van der Waals surface area (Å²) in [6.45, 7) is 1.94. The lowest BCUT2D eigenvalue weighted by Gasteiger charge is -2.08. The van der Waals surface area contributed by atoms with Crippen LogP contribution in [0.1, 0.15) is 11.1 Å². The van der Waals surface area contributed by atoms with E-state index in [1.54, 1.807) is 36.4 Å². The fraction of sp³-hybridized carbons (Fsp3) is 0.125. The van der Waals surface area contributed by atoms with Gasteiger partial charge in [-0.15, -0.1) is 0 Å². The summed E-state index contributed by atoms with van der Waals surface area (Å²) in [5.74, 6) is -0.725. The molecule has 0 saturated carbocycles. The summed E-state index contributed by atoms with van der Waals surface area (Å²) >= 11 is 5.86. The Kier molecular flexibility index (Phi) is 5.49. The second-order valence-electron chi connectivity index (χ2n) is 4.63. The number of hydrazone groups is 1. The van der Waals surface area contributed by atoms with Gasteiger partial charge < -0.3 is 5.32 Å². The van der Waals surface area contributed by atoms with Crippen molar-refractivity contribution in [3.05, 3.63) is 64.4 Å². The van der Waals surface area contributed by atoms with E-state index >= 15 is 0 Å². The van der Waals surface area contributed by atoms with Crippen LogP contribution in [0.15, 0.2) is 47.6 Å². The summed E-state index contributed by atoms with van der Waals surface area (Å²) in [6, 6.07) is 11.5. The van der Waals surface area contributed by atoms with Crippen LogP contribution in [0.25, 0.3) is 0 Å². The van der Waals surface area contributed by atoms with Crippen molar-refractivity contribution in [2.45, 2.75) is 6.92 Å². The average molecular weight is 320 g/mol. The zero-order chi connectivity index (χ0) is 15.9. The topological polar surface area (TPSA) is 53.5 Å². The first-order valence-electron chi connectivity index (χ1n) is 6.63. The first-order chi connectivity index (χ1) is 10.6. The van der Waals surface area contributed by atoms with Crippen molar-refractivity contribution in [3.63, 3.8) is 0 Å². The molecule has 2 aromatic rings. The summed E-state index contributed by atoms with van der Waals surface area (Å²) in [7, 11) is 0. The van der Waals surface area contributed by atoms with Crippen molar-refractivity contribution >= 4 is 29.4 Å². The summed E-state index contributed by atoms with van der Waals surface area (Å²) < 4.78 is 13.3. The highest BCUT2D eigenvalue weighted by Gasteiger charge is 2.03.